The summed E-state index contributed by atoms with van der Waals surface area (Å²) in [7, 11) is 0. The molecule has 32 heavy (non-hydrogen) atoms. The topological polar surface area (TPSA) is 50.5 Å². The highest BCUT2D eigenvalue weighted by Crippen LogP contribution is 2.42. The maximum absolute atomic E-state index is 12.4. The average molecular weight is 435 g/mol. The Bertz CT molecular complexity index is 1100. The van der Waals surface area contributed by atoms with Crippen LogP contribution >= 0.6 is 0 Å². The lowest BCUT2D eigenvalue weighted by Crippen LogP contribution is -2.49. The summed E-state index contributed by atoms with van der Waals surface area (Å²) >= 11 is 0. The van der Waals surface area contributed by atoms with Gasteiger partial charge in [-0.2, -0.15) is 0 Å². The zero-order chi connectivity index (χ0) is 21.7. The highest BCUT2D eigenvalue weighted by atomic mass is 16.1. The molecule has 0 radical (unpaired) electrons. The lowest BCUT2D eigenvalue weighted by atomic mass is 9.72. The average Bonchev–Trinajstić information content (AvgIpc) is 2.76. The van der Waals surface area contributed by atoms with Crippen LogP contribution in [0.2, 0.25) is 0 Å². The van der Waals surface area contributed by atoms with Crippen molar-refractivity contribution in [1.29, 1.82) is 0 Å². The van der Waals surface area contributed by atoms with Crippen molar-refractivity contribution < 1.29 is 0 Å². The number of hydrogen-bond donors (Lipinski definition) is 0. The fourth-order valence-corrected chi connectivity index (χ4v) is 6.83. The van der Waals surface area contributed by atoms with Gasteiger partial charge < -0.3 is 18.9 Å². The Labute approximate surface area is 189 Å². The first-order valence-electron chi connectivity index (χ1n) is 12.5. The summed E-state index contributed by atoms with van der Waals surface area (Å²) in [6, 6.07) is 11.6. The van der Waals surface area contributed by atoms with Crippen molar-refractivity contribution in [2.45, 2.75) is 50.6 Å². The third-order valence-corrected chi connectivity index (χ3v) is 8.40. The van der Waals surface area contributed by atoms with Gasteiger partial charge in [-0.1, -0.05) is 12.1 Å². The molecular formula is C26H34N4O2. The molecule has 1 saturated carbocycles. The number of nitrogens with zero attached hydrogens (tertiary/aromatic N) is 4. The van der Waals surface area contributed by atoms with Crippen LogP contribution in [-0.4, -0.2) is 58.2 Å². The SMILES string of the molecule is O=c1cccc2n1CCCN(CCN1CC3CC(C1)c1cccc(=O)n1C3)CC1CC2C1. The highest BCUT2D eigenvalue weighted by Gasteiger charge is 2.36. The van der Waals surface area contributed by atoms with E-state index in [9.17, 15) is 9.59 Å². The fourth-order valence-electron chi connectivity index (χ4n) is 6.83. The largest absolute Gasteiger partial charge is 0.312 e. The predicted molar refractivity (Wildman–Crippen MR) is 125 cm³/mol. The van der Waals surface area contributed by atoms with Crippen molar-refractivity contribution in [3.63, 3.8) is 0 Å². The van der Waals surface area contributed by atoms with Crippen molar-refractivity contribution in [3.05, 3.63) is 68.5 Å². The summed E-state index contributed by atoms with van der Waals surface area (Å²) in [6.45, 7) is 8.39. The third kappa shape index (κ3) is 3.77. The van der Waals surface area contributed by atoms with Gasteiger partial charge in [-0.05, 0) is 62.1 Å². The minimum Gasteiger partial charge on any atom is -0.312 e. The van der Waals surface area contributed by atoms with Gasteiger partial charge in [-0.25, -0.2) is 0 Å². The maximum Gasteiger partial charge on any atom is 0.250 e. The van der Waals surface area contributed by atoms with Gasteiger partial charge in [0, 0.05) is 75.3 Å². The van der Waals surface area contributed by atoms with Gasteiger partial charge in [-0.3, -0.25) is 9.59 Å². The summed E-state index contributed by atoms with van der Waals surface area (Å²) in [5.74, 6) is 2.42. The van der Waals surface area contributed by atoms with Gasteiger partial charge in [0.05, 0.1) is 0 Å². The number of fused-ring (bicyclic) bond motifs is 8. The quantitative estimate of drug-likeness (QED) is 0.744. The molecule has 0 spiro atoms. The molecular weight excluding hydrogens is 400 g/mol. The Morgan fingerprint density at radius 2 is 1.31 bits per heavy atom. The zero-order valence-electron chi connectivity index (χ0n) is 18.9. The van der Waals surface area contributed by atoms with Crippen LogP contribution < -0.4 is 11.1 Å². The normalized spacial score (nSPS) is 30.1. The van der Waals surface area contributed by atoms with Crippen LogP contribution in [-0.2, 0) is 13.1 Å². The molecule has 6 nitrogen and oxygen atoms in total. The van der Waals surface area contributed by atoms with E-state index in [4.69, 9.17) is 0 Å². The van der Waals surface area contributed by atoms with Gasteiger partial charge in [0.15, 0.2) is 0 Å². The second-order valence-electron chi connectivity index (χ2n) is 10.6. The number of piperidine rings is 1. The second kappa shape index (κ2) is 8.31. The van der Waals surface area contributed by atoms with Crippen LogP contribution in [0.15, 0.2) is 46.0 Å². The number of likely N-dealkylation sites (tertiary alicyclic amines) is 1. The molecule has 5 aliphatic rings. The van der Waals surface area contributed by atoms with Crippen molar-refractivity contribution >= 4 is 0 Å². The van der Waals surface area contributed by atoms with Gasteiger partial charge >= 0.3 is 0 Å². The molecule has 0 aromatic carbocycles. The number of rotatable bonds is 3. The van der Waals surface area contributed by atoms with E-state index in [2.05, 4.69) is 21.9 Å². The molecule has 7 rings (SSSR count). The highest BCUT2D eigenvalue weighted by molar-refractivity contribution is 5.17. The Balaban J connectivity index is 1.10. The molecule has 4 aliphatic heterocycles. The van der Waals surface area contributed by atoms with Crippen molar-refractivity contribution in [2.75, 3.05) is 39.3 Å². The molecule has 1 saturated heterocycles. The number of pyridine rings is 2. The Hall–Kier alpha value is -2.18. The van der Waals surface area contributed by atoms with E-state index < -0.39 is 0 Å². The Morgan fingerprint density at radius 3 is 2.12 bits per heavy atom. The minimum absolute atomic E-state index is 0.164. The summed E-state index contributed by atoms with van der Waals surface area (Å²) < 4.78 is 4.06. The van der Waals surface area contributed by atoms with Gasteiger partial charge in [0.2, 0.25) is 0 Å². The van der Waals surface area contributed by atoms with Crippen molar-refractivity contribution in [2.24, 2.45) is 11.8 Å². The smallest absolute Gasteiger partial charge is 0.250 e. The fraction of sp³-hybridized carbons (Fsp3) is 0.615. The standard InChI is InChI=1S/C26H34N4O2/c31-25-6-1-4-23-21-12-19(13-21)15-27(8-3-9-29(23)25)10-11-28-16-20-14-22(18-28)24-5-2-7-26(32)30(24)17-20/h1-2,4-7,19-22H,3,8-18H2. The number of aromatic nitrogens is 2. The van der Waals surface area contributed by atoms with Crippen LogP contribution in [0.3, 0.4) is 0 Å². The Morgan fingerprint density at radius 1 is 0.656 bits per heavy atom. The van der Waals surface area contributed by atoms with Crippen molar-refractivity contribution in [3.8, 4) is 0 Å². The summed E-state index contributed by atoms with van der Waals surface area (Å²) in [6.07, 6.45) is 4.71. The van der Waals surface area contributed by atoms with E-state index in [1.54, 1.807) is 12.1 Å². The minimum atomic E-state index is 0.164. The predicted octanol–water partition coefficient (Wildman–Crippen LogP) is 2.33. The van der Waals surface area contributed by atoms with Crippen LogP contribution in [0.1, 0.15) is 48.9 Å². The molecule has 1 aliphatic carbocycles. The van der Waals surface area contributed by atoms with E-state index in [-0.39, 0.29) is 11.1 Å². The molecule has 6 heterocycles. The third-order valence-electron chi connectivity index (χ3n) is 8.40. The molecule has 170 valence electrons. The molecule has 2 aromatic rings. The van der Waals surface area contributed by atoms with Crippen LogP contribution in [0, 0.1) is 11.8 Å². The van der Waals surface area contributed by atoms with E-state index in [1.165, 1.54) is 37.2 Å². The van der Waals surface area contributed by atoms with Crippen LogP contribution in [0.5, 0.6) is 0 Å². The molecule has 2 fully saturated rings. The lowest BCUT2D eigenvalue weighted by Gasteiger charge is -2.44. The first-order valence-corrected chi connectivity index (χ1v) is 12.5. The first-order chi connectivity index (χ1) is 15.6. The molecule has 2 unspecified atom stereocenters. The van der Waals surface area contributed by atoms with Crippen LogP contribution in [0.4, 0.5) is 0 Å². The molecule has 2 aromatic heterocycles. The van der Waals surface area contributed by atoms with Crippen molar-refractivity contribution in [1.82, 2.24) is 18.9 Å². The van der Waals surface area contributed by atoms with E-state index in [1.807, 2.05) is 21.3 Å². The molecule has 2 atom stereocenters. The monoisotopic (exact) mass is 434 g/mol. The summed E-state index contributed by atoms with van der Waals surface area (Å²) in [4.78, 5) is 30.0. The molecule has 0 amide bonds. The Kier molecular flexibility index (Phi) is 5.30. The lowest BCUT2D eigenvalue weighted by molar-refractivity contribution is 0.0912. The van der Waals surface area contributed by atoms with E-state index >= 15 is 0 Å². The van der Waals surface area contributed by atoms with Crippen LogP contribution in [0.25, 0.3) is 0 Å². The van der Waals surface area contributed by atoms with Gasteiger partial charge in [0.1, 0.15) is 0 Å². The molecule has 6 heteroatoms. The van der Waals surface area contributed by atoms with E-state index in [0.29, 0.717) is 17.8 Å². The van der Waals surface area contributed by atoms with Gasteiger partial charge in [-0.15, -0.1) is 0 Å². The molecule has 0 N–H and O–H groups in total. The second-order valence-corrected chi connectivity index (χ2v) is 10.6. The zero-order valence-corrected chi connectivity index (χ0v) is 18.9. The summed E-state index contributed by atoms with van der Waals surface area (Å²) in [5, 5.41) is 0. The van der Waals surface area contributed by atoms with Gasteiger partial charge in [0.25, 0.3) is 11.1 Å². The molecule has 4 bridgehead atoms. The number of hydrogen-bond acceptors (Lipinski definition) is 4. The summed E-state index contributed by atoms with van der Waals surface area (Å²) in [5.41, 5.74) is 2.83. The first kappa shape index (κ1) is 20.4. The van der Waals surface area contributed by atoms with E-state index in [0.717, 1.165) is 58.2 Å². The maximum atomic E-state index is 12.4.